The second-order valence-corrected chi connectivity index (χ2v) is 6.51. The van der Waals surface area contributed by atoms with E-state index in [1.807, 2.05) is 0 Å². The van der Waals surface area contributed by atoms with Crippen LogP contribution in [0.1, 0.15) is 16.5 Å². The Hall–Kier alpha value is -2.26. The van der Waals surface area contributed by atoms with E-state index in [1.165, 1.54) is 12.1 Å². The lowest BCUT2D eigenvalue weighted by Crippen LogP contribution is -2.12. The molecule has 1 atom stereocenters. The number of halogens is 2. The average Bonchev–Trinajstić information content (AvgIpc) is 2.43. The first-order chi connectivity index (χ1) is 9.86. The van der Waals surface area contributed by atoms with Crippen LogP contribution < -0.4 is 0 Å². The number of sulfone groups is 1. The van der Waals surface area contributed by atoms with Crippen molar-refractivity contribution in [2.45, 2.75) is 17.2 Å². The van der Waals surface area contributed by atoms with Crippen LogP contribution in [-0.4, -0.2) is 8.42 Å². The van der Waals surface area contributed by atoms with Crippen molar-refractivity contribution in [2.75, 3.05) is 0 Å². The largest absolute Gasteiger partial charge is 0.353 e. The molecule has 0 saturated heterocycles. The van der Waals surface area contributed by atoms with Gasteiger partial charge >= 0.3 is 5.37 Å². The number of aryl methyl sites for hydroxylation is 1. The van der Waals surface area contributed by atoms with Crippen LogP contribution in [0.15, 0.2) is 47.4 Å². The first kappa shape index (κ1) is 15.1. The maximum atomic E-state index is 13.7. The quantitative estimate of drug-likeness (QED) is 0.812. The summed E-state index contributed by atoms with van der Waals surface area (Å²) >= 11 is 0. The molecule has 108 valence electrons. The Morgan fingerprint density at radius 3 is 2.29 bits per heavy atom. The van der Waals surface area contributed by atoms with E-state index < -0.39 is 32.4 Å². The second kappa shape index (κ2) is 5.62. The molecule has 21 heavy (non-hydrogen) atoms. The predicted molar refractivity (Wildman–Crippen MR) is 74.1 cm³/mol. The minimum Gasteiger partial charge on any atom is -0.291 e. The van der Waals surface area contributed by atoms with Crippen LogP contribution in [0.5, 0.6) is 0 Å². The van der Waals surface area contributed by atoms with E-state index in [0.717, 1.165) is 23.8 Å². The van der Waals surface area contributed by atoms with Crippen molar-refractivity contribution in [1.82, 2.24) is 0 Å². The molecule has 0 aromatic heterocycles. The molecule has 0 aliphatic rings. The summed E-state index contributed by atoms with van der Waals surface area (Å²) in [6.07, 6.45) is 0. The molecule has 6 heteroatoms. The fourth-order valence-electron chi connectivity index (χ4n) is 1.87. The minimum atomic E-state index is -4.12. The van der Waals surface area contributed by atoms with Crippen molar-refractivity contribution >= 4 is 9.84 Å². The molecule has 0 saturated carbocycles. The molecule has 2 aromatic rings. The Morgan fingerprint density at radius 1 is 1.10 bits per heavy atom. The van der Waals surface area contributed by atoms with E-state index in [-0.39, 0.29) is 4.90 Å². The standard InChI is InChI=1S/C15H11F2NO2S/c1-10-3-6-12(7-4-10)21(19,20)15(18-2)13-9-11(16)5-8-14(13)17/h3-9,15H,1H3/t15-/m1/s1. The summed E-state index contributed by atoms with van der Waals surface area (Å²) in [5, 5.41) is -1.81. The molecule has 2 rings (SSSR count). The van der Waals surface area contributed by atoms with Crippen LogP contribution in [0.2, 0.25) is 0 Å². The van der Waals surface area contributed by atoms with Gasteiger partial charge in [0, 0.05) is 0 Å². The molecule has 0 radical (unpaired) electrons. The highest BCUT2D eigenvalue weighted by atomic mass is 32.2. The molecule has 2 aromatic carbocycles. The van der Waals surface area contributed by atoms with Crippen LogP contribution >= 0.6 is 0 Å². The van der Waals surface area contributed by atoms with Crippen LogP contribution in [-0.2, 0) is 9.84 Å². The minimum absolute atomic E-state index is 0.0993. The van der Waals surface area contributed by atoms with Gasteiger partial charge in [-0.05, 0) is 37.3 Å². The van der Waals surface area contributed by atoms with Gasteiger partial charge in [-0.1, -0.05) is 17.7 Å². The monoisotopic (exact) mass is 307 g/mol. The lowest BCUT2D eigenvalue weighted by atomic mass is 10.2. The summed E-state index contributed by atoms with van der Waals surface area (Å²) in [5.74, 6) is -1.72. The molecular formula is C15H11F2NO2S. The predicted octanol–water partition coefficient (Wildman–Crippen LogP) is 3.67. The molecule has 0 unspecified atom stereocenters. The van der Waals surface area contributed by atoms with Crippen molar-refractivity contribution < 1.29 is 17.2 Å². The Bertz CT molecular complexity index is 809. The summed E-state index contributed by atoms with van der Waals surface area (Å²) in [4.78, 5) is 2.89. The maximum Gasteiger partial charge on any atom is 0.353 e. The van der Waals surface area contributed by atoms with Gasteiger partial charge in [0.15, 0.2) is 0 Å². The fraction of sp³-hybridized carbons (Fsp3) is 0.133. The lowest BCUT2D eigenvalue weighted by molar-refractivity contribution is 0.571. The molecule has 0 bridgehead atoms. The zero-order valence-corrected chi connectivity index (χ0v) is 11.9. The van der Waals surface area contributed by atoms with Gasteiger partial charge in [0.25, 0.3) is 9.84 Å². The van der Waals surface area contributed by atoms with E-state index in [4.69, 9.17) is 6.57 Å². The van der Waals surface area contributed by atoms with Gasteiger partial charge in [0.1, 0.15) is 11.6 Å². The van der Waals surface area contributed by atoms with Gasteiger partial charge < -0.3 is 0 Å². The molecular weight excluding hydrogens is 296 g/mol. The first-order valence-corrected chi connectivity index (χ1v) is 7.53. The maximum absolute atomic E-state index is 13.7. The van der Waals surface area contributed by atoms with Gasteiger partial charge in [0.05, 0.1) is 10.5 Å². The van der Waals surface area contributed by atoms with Crippen LogP contribution in [0, 0.1) is 25.1 Å². The Balaban J connectivity index is 2.58. The van der Waals surface area contributed by atoms with E-state index in [1.54, 1.807) is 19.1 Å². The summed E-state index contributed by atoms with van der Waals surface area (Å²) < 4.78 is 51.8. The summed E-state index contributed by atoms with van der Waals surface area (Å²) in [5.41, 5.74) is 0.371. The van der Waals surface area contributed by atoms with Crippen molar-refractivity contribution in [3.8, 4) is 0 Å². The van der Waals surface area contributed by atoms with E-state index in [9.17, 15) is 17.2 Å². The molecule has 0 amide bonds. The molecule has 3 nitrogen and oxygen atoms in total. The highest BCUT2D eigenvalue weighted by molar-refractivity contribution is 7.91. The van der Waals surface area contributed by atoms with E-state index in [0.29, 0.717) is 0 Å². The van der Waals surface area contributed by atoms with Crippen molar-refractivity contribution in [2.24, 2.45) is 0 Å². The van der Waals surface area contributed by atoms with Gasteiger partial charge in [-0.25, -0.2) is 23.8 Å². The third-order valence-corrected chi connectivity index (χ3v) is 4.86. The Labute approximate surface area is 121 Å². The SMILES string of the molecule is [C-]#[N+][C@@H](c1cc(F)ccc1F)S(=O)(=O)c1ccc(C)cc1. The Kier molecular flexibility index (Phi) is 4.05. The van der Waals surface area contributed by atoms with Crippen LogP contribution in [0.3, 0.4) is 0 Å². The zero-order chi connectivity index (χ0) is 15.6. The summed E-state index contributed by atoms with van der Waals surface area (Å²) in [7, 11) is -4.12. The molecule has 0 fully saturated rings. The van der Waals surface area contributed by atoms with Crippen molar-refractivity contribution in [3.05, 3.63) is 76.6 Å². The van der Waals surface area contributed by atoms with Crippen molar-refractivity contribution in [1.29, 1.82) is 0 Å². The normalized spacial score (nSPS) is 12.7. The molecule has 0 N–H and O–H groups in total. The van der Waals surface area contributed by atoms with Gasteiger partial charge in [0.2, 0.25) is 0 Å². The van der Waals surface area contributed by atoms with Gasteiger partial charge in [-0.2, -0.15) is 0 Å². The lowest BCUT2D eigenvalue weighted by Gasteiger charge is -2.09. The van der Waals surface area contributed by atoms with Gasteiger partial charge in [-0.15, -0.1) is 0 Å². The zero-order valence-electron chi connectivity index (χ0n) is 11.0. The third-order valence-electron chi connectivity index (χ3n) is 2.98. The highest BCUT2D eigenvalue weighted by Crippen LogP contribution is 2.32. The first-order valence-electron chi connectivity index (χ1n) is 5.98. The summed E-state index contributed by atoms with van der Waals surface area (Å²) in [6.45, 7) is 8.86. The third kappa shape index (κ3) is 2.93. The van der Waals surface area contributed by atoms with Crippen molar-refractivity contribution in [3.63, 3.8) is 0 Å². The van der Waals surface area contributed by atoms with E-state index in [2.05, 4.69) is 4.85 Å². The number of hydrogen-bond donors (Lipinski definition) is 0. The smallest absolute Gasteiger partial charge is 0.291 e. The molecule has 0 heterocycles. The summed E-state index contributed by atoms with van der Waals surface area (Å²) in [6, 6.07) is 8.28. The number of nitrogens with zero attached hydrogens (tertiary/aromatic N) is 1. The van der Waals surface area contributed by atoms with E-state index >= 15 is 0 Å². The topological polar surface area (TPSA) is 38.5 Å². The Morgan fingerprint density at radius 2 is 1.71 bits per heavy atom. The fourth-order valence-corrected chi connectivity index (χ4v) is 3.29. The van der Waals surface area contributed by atoms with Gasteiger partial charge in [-0.3, -0.25) is 4.85 Å². The average molecular weight is 307 g/mol. The molecule has 0 aliphatic carbocycles. The van der Waals surface area contributed by atoms with Crippen LogP contribution in [0.4, 0.5) is 8.78 Å². The number of rotatable bonds is 3. The molecule has 0 aliphatic heterocycles. The highest BCUT2D eigenvalue weighted by Gasteiger charge is 2.36. The molecule has 0 spiro atoms. The van der Waals surface area contributed by atoms with Crippen LogP contribution in [0.25, 0.3) is 4.85 Å². The second-order valence-electron chi connectivity index (χ2n) is 4.51. The number of hydrogen-bond acceptors (Lipinski definition) is 2. The number of benzene rings is 2.